The number of nitrogens with two attached hydrogens (primary N) is 1. The molecule has 126 valence electrons. The zero-order chi connectivity index (χ0) is 15.9. The lowest BCUT2D eigenvalue weighted by molar-refractivity contribution is 0.546. The van der Waals surface area contributed by atoms with Gasteiger partial charge in [-0.05, 0) is 30.7 Å². The lowest BCUT2D eigenvalue weighted by Crippen LogP contribution is -2.01. The van der Waals surface area contributed by atoms with Gasteiger partial charge in [-0.25, -0.2) is 0 Å². The van der Waals surface area contributed by atoms with Crippen molar-refractivity contribution in [3.8, 4) is 0 Å². The van der Waals surface area contributed by atoms with Crippen molar-refractivity contribution in [2.75, 3.05) is 17.6 Å². The largest absolute Gasteiger partial charge is 0.399 e. The molecule has 2 heteroatoms. The van der Waals surface area contributed by atoms with Crippen molar-refractivity contribution < 1.29 is 0 Å². The Morgan fingerprint density at radius 3 is 1.64 bits per heavy atom. The third kappa shape index (κ3) is 10.5. The number of hydrogen-bond donors (Lipinski definition) is 2. The van der Waals surface area contributed by atoms with Gasteiger partial charge in [0.25, 0.3) is 0 Å². The molecule has 0 heterocycles. The molecule has 1 aromatic rings. The quantitative estimate of drug-likeness (QED) is 0.309. The Morgan fingerprint density at radius 1 is 0.682 bits per heavy atom. The lowest BCUT2D eigenvalue weighted by atomic mass is 10.1. The van der Waals surface area contributed by atoms with E-state index in [1.807, 2.05) is 12.1 Å². The highest BCUT2D eigenvalue weighted by Gasteiger charge is 1.94. The molecule has 3 N–H and O–H groups in total. The predicted octanol–water partition coefficient (Wildman–Crippen LogP) is 6.38. The van der Waals surface area contributed by atoms with E-state index in [1.54, 1.807) is 0 Å². The van der Waals surface area contributed by atoms with E-state index in [4.69, 9.17) is 5.73 Å². The van der Waals surface area contributed by atoms with Crippen LogP contribution in [0.3, 0.4) is 0 Å². The summed E-state index contributed by atoms with van der Waals surface area (Å²) in [5, 5.41) is 3.45. The highest BCUT2D eigenvalue weighted by molar-refractivity contribution is 5.50. The van der Waals surface area contributed by atoms with Crippen LogP contribution in [0.2, 0.25) is 0 Å². The molecule has 0 saturated carbocycles. The van der Waals surface area contributed by atoms with Gasteiger partial charge >= 0.3 is 0 Å². The summed E-state index contributed by atoms with van der Waals surface area (Å²) < 4.78 is 0. The number of nitrogens with one attached hydrogen (secondary N) is 1. The van der Waals surface area contributed by atoms with Gasteiger partial charge < -0.3 is 11.1 Å². The molecule has 22 heavy (non-hydrogen) atoms. The van der Waals surface area contributed by atoms with Crippen LogP contribution in [0.25, 0.3) is 0 Å². The number of nitrogen functional groups attached to an aromatic ring is 1. The molecule has 1 aromatic carbocycles. The summed E-state index contributed by atoms with van der Waals surface area (Å²) in [5.41, 5.74) is 7.68. The van der Waals surface area contributed by atoms with Crippen LogP contribution in [0.4, 0.5) is 11.4 Å². The van der Waals surface area contributed by atoms with Crippen LogP contribution in [-0.4, -0.2) is 6.54 Å². The Bertz CT molecular complexity index is 345. The second-order valence-corrected chi connectivity index (χ2v) is 6.44. The average Bonchev–Trinajstić information content (AvgIpc) is 2.53. The zero-order valence-corrected chi connectivity index (χ0v) is 14.6. The zero-order valence-electron chi connectivity index (χ0n) is 14.6. The van der Waals surface area contributed by atoms with Gasteiger partial charge in [0.05, 0.1) is 0 Å². The third-order valence-electron chi connectivity index (χ3n) is 4.27. The Kier molecular flexibility index (Phi) is 11.6. The summed E-state index contributed by atoms with van der Waals surface area (Å²) in [5.74, 6) is 0. The van der Waals surface area contributed by atoms with Crippen molar-refractivity contribution in [3.05, 3.63) is 24.3 Å². The van der Waals surface area contributed by atoms with Crippen molar-refractivity contribution in [1.82, 2.24) is 0 Å². The van der Waals surface area contributed by atoms with Crippen LogP contribution < -0.4 is 11.1 Å². The van der Waals surface area contributed by atoms with E-state index in [0.29, 0.717) is 0 Å². The topological polar surface area (TPSA) is 38.0 Å². The molecule has 0 spiro atoms. The van der Waals surface area contributed by atoms with Crippen LogP contribution in [0.1, 0.15) is 84.0 Å². The molecule has 0 aliphatic carbocycles. The fourth-order valence-electron chi connectivity index (χ4n) is 2.80. The van der Waals surface area contributed by atoms with Gasteiger partial charge in [0.2, 0.25) is 0 Å². The van der Waals surface area contributed by atoms with Crippen molar-refractivity contribution in [2.24, 2.45) is 0 Å². The van der Waals surface area contributed by atoms with Crippen LogP contribution in [-0.2, 0) is 0 Å². The molecule has 0 aliphatic rings. The Hall–Kier alpha value is -1.18. The van der Waals surface area contributed by atoms with Gasteiger partial charge in [0.1, 0.15) is 0 Å². The molecule has 0 amide bonds. The first-order chi connectivity index (χ1) is 10.8. The van der Waals surface area contributed by atoms with E-state index >= 15 is 0 Å². The number of hydrogen-bond acceptors (Lipinski definition) is 2. The van der Waals surface area contributed by atoms with Crippen LogP contribution >= 0.6 is 0 Å². The number of unbranched alkanes of at least 4 members (excludes halogenated alkanes) is 11. The van der Waals surface area contributed by atoms with Gasteiger partial charge in [-0.15, -0.1) is 0 Å². The monoisotopic (exact) mass is 304 g/mol. The molecule has 0 aliphatic heterocycles. The molecular weight excluding hydrogens is 268 g/mol. The average molecular weight is 305 g/mol. The molecule has 0 radical (unpaired) electrons. The van der Waals surface area contributed by atoms with E-state index in [2.05, 4.69) is 24.4 Å². The van der Waals surface area contributed by atoms with Gasteiger partial charge in [-0.2, -0.15) is 0 Å². The van der Waals surface area contributed by atoms with E-state index in [0.717, 1.165) is 12.2 Å². The van der Waals surface area contributed by atoms with E-state index in [-0.39, 0.29) is 0 Å². The molecule has 2 nitrogen and oxygen atoms in total. The molecule has 0 atom stereocenters. The number of rotatable bonds is 14. The first-order valence-electron chi connectivity index (χ1n) is 9.42. The van der Waals surface area contributed by atoms with Crippen LogP contribution in [0.15, 0.2) is 24.3 Å². The maximum Gasteiger partial charge on any atom is 0.0341 e. The van der Waals surface area contributed by atoms with Gasteiger partial charge in [-0.3, -0.25) is 0 Å². The molecule has 1 rings (SSSR count). The molecular formula is C20H36N2. The molecule has 0 saturated heterocycles. The second kappa shape index (κ2) is 13.5. The smallest absolute Gasteiger partial charge is 0.0341 e. The lowest BCUT2D eigenvalue weighted by Gasteiger charge is -2.06. The van der Waals surface area contributed by atoms with Gasteiger partial charge in [0, 0.05) is 17.9 Å². The molecule has 0 fully saturated rings. The first-order valence-corrected chi connectivity index (χ1v) is 9.42. The summed E-state index contributed by atoms with van der Waals surface area (Å²) >= 11 is 0. The maximum atomic E-state index is 5.67. The van der Waals surface area contributed by atoms with Gasteiger partial charge in [0.15, 0.2) is 0 Å². The number of benzene rings is 1. The van der Waals surface area contributed by atoms with Crippen molar-refractivity contribution in [2.45, 2.75) is 84.0 Å². The summed E-state index contributed by atoms with van der Waals surface area (Å²) in [6.45, 7) is 3.35. The molecule has 0 unspecified atom stereocenters. The Labute approximate surface area is 137 Å². The highest BCUT2D eigenvalue weighted by Crippen LogP contribution is 2.13. The van der Waals surface area contributed by atoms with E-state index in [1.165, 1.54) is 82.7 Å². The first kappa shape index (κ1) is 18.9. The van der Waals surface area contributed by atoms with Crippen molar-refractivity contribution in [3.63, 3.8) is 0 Å². The van der Waals surface area contributed by atoms with Crippen molar-refractivity contribution >= 4 is 11.4 Å². The summed E-state index contributed by atoms with van der Waals surface area (Å²) in [4.78, 5) is 0. The fraction of sp³-hybridized carbons (Fsp3) is 0.700. The fourth-order valence-corrected chi connectivity index (χ4v) is 2.80. The van der Waals surface area contributed by atoms with Crippen LogP contribution in [0.5, 0.6) is 0 Å². The maximum absolute atomic E-state index is 5.67. The minimum absolute atomic E-state index is 0.830. The SMILES string of the molecule is CCCCCCCCCCCCCCNc1ccc(N)cc1. The minimum atomic E-state index is 0.830. The summed E-state index contributed by atoms with van der Waals surface area (Å²) in [7, 11) is 0. The minimum Gasteiger partial charge on any atom is -0.399 e. The van der Waals surface area contributed by atoms with E-state index in [9.17, 15) is 0 Å². The standard InChI is InChI=1S/C20H36N2/c1-2-3-4-5-6-7-8-9-10-11-12-13-18-22-20-16-14-19(21)15-17-20/h14-17,22H,2-13,18,21H2,1H3. The third-order valence-corrected chi connectivity index (χ3v) is 4.27. The van der Waals surface area contributed by atoms with E-state index < -0.39 is 0 Å². The highest BCUT2D eigenvalue weighted by atomic mass is 14.9. The summed E-state index contributed by atoms with van der Waals surface area (Å²) in [6, 6.07) is 8.00. The van der Waals surface area contributed by atoms with Gasteiger partial charge in [-0.1, -0.05) is 77.6 Å². The summed E-state index contributed by atoms with van der Waals surface area (Å²) in [6.07, 6.45) is 16.8. The predicted molar refractivity (Wildman–Crippen MR) is 100 cm³/mol. The van der Waals surface area contributed by atoms with Crippen LogP contribution in [0, 0.1) is 0 Å². The second-order valence-electron chi connectivity index (χ2n) is 6.44. The molecule has 0 bridgehead atoms. The van der Waals surface area contributed by atoms with Crippen molar-refractivity contribution in [1.29, 1.82) is 0 Å². The number of anilines is 2. The normalized spacial score (nSPS) is 10.8. The molecule has 0 aromatic heterocycles. The Balaban J connectivity index is 1.79. The Morgan fingerprint density at radius 2 is 1.14 bits per heavy atom.